The number of carboxylic acid groups (broad SMARTS) is 1. The number of hydrogen-bond acceptors (Lipinski definition) is 1. The summed E-state index contributed by atoms with van der Waals surface area (Å²) in [5.74, 6) is -3.08. The zero-order valence-corrected chi connectivity index (χ0v) is 5.26. The van der Waals surface area contributed by atoms with Gasteiger partial charge in [0.2, 0.25) is 0 Å². The zero-order chi connectivity index (χ0) is 8.15. The Morgan fingerprint density at radius 3 is 2.30 bits per heavy atom. The third-order valence-corrected chi connectivity index (χ3v) is 1.04. The van der Waals surface area contributed by atoms with Gasteiger partial charge in [-0.25, -0.2) is 8.78 Å². The van der Waals surface area contributed by atoms with E-state index in [1.165, 1.54) is 6.08 Å². The van der Waals surface area contributed by atoms with E-state index in [1.807, 2.05) is 0 Å². The van der Waals surface area contributed by atoms with Crippen molar-refractivity contribution in [2.45, 2.75) is 12.8 Å². The molecule has 0 aliphatic heterocycles. The Kier molecular flexibility index (Phi) is 3.61. The number of carbonyl (C=O) groups is 1. The molecule has 1 N–H and O–H groups in total. The molecule has 2 nitrogen and oxygen atoms in total. The summed E-state index contributed by atoms with van der Waals surface area (Å²) < 4.78 is 23.4. The summed E-state index contributed by atoms with van der Waals surface area (Å²) in [6.45, 7) is 3.17. The van der Waals surface area contributed by atoms with Crippen LogP contribution < -0.4 is 0 Å². The van der Waals surface area contributed by atoms with Crippen molar-refractivity contribution < 1.29 is 18.7 Å². The topological polar surface area (TPSA) is 37.3 Å². The van der Waals surface area contributed by atoms with E-state index in [2.05, 4.69) is 6.58 Å². The molecule has 0 amide bonds. The first-order chi connectivity index (χ1) is 4.59. The molecule has 0 aromatic heterocycles. The number of carboxylic acids is 1. The van der Waals surface area contributed by atoms with E-state index in [4.69, 9.17) is 5.11 Å². The molecule has 0 fully saturated rings. The van der Waals surface area contributed by atoms with Gasteiger partial charge in [-0.3, -0.25) is 4.79 Å². The maximum absolute atomic E-state index is 11.7. The zero-order valence-electron chi connectivity index (χ0n) is 5.26. The van der Waals surface area contributed by atoms with Crippen LogP contribution in [0.5, 0.6) is 0 Å². The van der Waals surface area contributed by atoms with Gasteiger partial charge in [0.15, 0.2) is 0 Å². The van der Waals surface area contributed by atoms with Crippen LogP contribution >= 0.6 is 0 Å². The standard InChI is InChI=1S/C6H8F2O2/c1-2-3-4(5(7)8)6(9)10/h2,4-5H,1,3H2,(H,9,10). The lowest BCUT2D eigenvalue weighted by molar-refractivity contribution is -0.146. The van der Waals surface area contributed by atoms with Crippen molar-refractivity contribution in [1.82, 2.24) is 0 Å². The van der Waals surface area contributed by atoms with Gasteiger partial charge in [0, 0.05) is 0 Å². The highest BCUT2D eigenvalue weighted by Crippen LogP contribution is 2.14. The Hall–Kier alpha value is -0.930. The molecule has 10 heavy (non-hydrogen) atoms. The fourth-order valence-corrected chi connectivity index (χ4v) is 0.491. The van der Waals surface area contributed by atoms with Crippen molar-refractivity contribution in [2.75, 3.05) is 0 Å². The Labute approximate surface area is 57.2 Å². The number of aliphatic carboxylic acids is 1. The maximum atomic E-state index is 11.7. The molecule has 1 atom stereocenters. The summed E-state index contributed by atoms with van der Waals surface area (Å²) in [7, 11) is 0. The van der Waals surface area contributed by atoms with Crippen LogP contribution in [0.2, 0.25) is 0 Å². The van der Waals surface area contributed by atoms with Gasteiger partial charge in [-0.2, -0.15) is 0 Å². The number of alkyl halides is 2. The van der Waals surface area contributed by atoms with Crippen LogP contribution in [0.25, 0.3) is 0 Å². The smallest absolute Gasteiger partial charge is 0.312 e. The molecule has 0 aliphatic rings. The largest absolute Gasteiger partial charge is 0.481 e. The molecule has 0 saturated carbocycles. The molecule has 0 heterocycles. The molecule has 1 unspecified atom stereocenters. The number of rotatable bonds is 4. The van der Waals surface area contributed by atoms with Gasteiger partial charge < -0.3 is 5.11 Å². The number of halogens is 2. The minimum Gasteiger partial charge on any atom is -0.481 e. The van der Waals surface area contributed by atoms with Gasteiger partial charge in [0.1, 0.15) is 5.92 Å². The van der Waals surface area contributed by atoms with Gasteiger partial charge in [0.05, 0.1) is 0 Å². The Morgan fingerprint density at radius 1 is 1.70 bits per heavy atom. The molecule has 0 spiro atoms. The van der Waals surface area contributed by atoms with E-state index >= 15 is 0 Å². The van der Waals surface area contributed by atoms with E-state index in [9.17, 15) is 13.6 Å². The van der Waals surface area contributed by atoms with Gasteiger partial charge in [-0.1, -0.05) is 6.08 Å². The second kappa shape index (κ2) is 3.98. The van der Waals surface area contributed by atoms with Crippen LogP contribution in [0, 0.1) is 5.92 Å². The lowest BCUT2D eigenvalue weighted by atomic mass is 10.1. The van der Waals surface area contributed by atoms with E-state index in [-0.39, 0.29) is 6.42 Å². The van der Waals surface area contributed by atoms with Crippen molar-refractivity contribution in [3.8, 4) is 0 Å². The van der Waals surface area contributed by atoms with Crippen LogP contribution in [-0.4, -0.2) is 17.5 Å². The SMILES string of the molecule is C=CCC(C(=O)O)C(F)F. The predicted octanol–water partition coefficient (Wildman–Crippen LogP) is 1.53. The molecule has 0 aromatic rings. The minimum absolute atomic E-state index is 0.188. The maximum Gasteiger partial charge on any atom is 0.312 e. The Morgan fingerprint density at radius 2 is 2.20 bits per heavy atom. The average molecular weight is 150 g/mol. The monoisotopic (exact) mass is 150 g/mol. The molecule has 0 rings (SSSR count). The fraction of sp³-hybridized carbons (Fsp3) is 0.500. The van der Waals surface area contributed by atoms with Crippen LogP contribution in [0.3, 0.4) is 0 Å². The van der Waals surface area contributed by atoms with Crippen molar-refractivity contribution in [3.63, 3.8) is 0 Å². The Balaban J connectivity index is 3.97. The summed E-state index contributed by atoms with van der Waals surface area (Å²) in [4.78, 5) is 10.0. The van der Waals surface area contributed by atoms with Crippen molar-refractivity contribution in [1.29, 1.82) is 0 Å². The third kappa shape index (κ3) is 2.57. The molecular weight excluding hydrogens is 142 g/mol. The van der Waals surface area contributed by atoms with Crippen molar-refractivity contribution >= 4 is 5.97 Å². The lowest BCUT2D eigenvalue weighted by Crippen LogP contribution is -2.20. The first kappa shape index (κ1) is 9.07. The minimum atomic E-state index is -2.81. The van der Waals surface area contributed by atoms with Crippen LogP contribution in [0.4, 0.5) is 8.78 Å². The van der Waals surface area contributed by atoms with E-state index in [1.54, 1.807) is 0 Å². The molecule has 0 aromatic carbocycles. The average Bonchev–Trinajstić information content (AvgIpc) is 1.81. The van der Waals surface area contributed by atoms with Crippen LogP contribution in [-0.2, 0) is 4.79 Å². The molecule has 0 aliphatic carbocycles. The second-order valence-corrected chi connectivity index (χ2v) is 1.80. The highest BCUT2D eigenvalue weighted by Gasteiger charge is 2.25. The lowest BCUT2D eigenvalue weighted by Gasteiger charge is -2.06. The van der Waals surface area contributed by atoms with E-state index in [0.717, 1.165) is 0 Å². The van der Waals surface area contributed by atoms with Gasteiger partial charge >= 0.3 is 5.97 Å². The summed E-state index contributed by atoms with van der Waals surface area (Å²) in [6, 6.07) is 0. The summed E-state index contributed by atoms with van der Waals surface area (Å²) in [5.41, 5.74) is 0. The van der Waals surface area contributed by atoms with Crippen molar-refractivity contribution in [2.24, 2.45) is 5.92 Å². The first-order valence-electron chi connectivity index (χ1n) is 2.71. The van der Waals surface area contributed by atoms with Crippen LogP contribution in [0.1, 0.15) is 6.42 Å². The quantitative estimate of drug-likeness (QED) is 0.617. The van der Waals surface area contributed by atoms with Gasteiger partial charge in [-0.05, 0) is 6.42 Å². The van der Waals surface area contributed by atoms with Crippen LogP contribution in [0.15, 0.2) is 12.7 Å². The first-order valence-corrected chi connectivity index (χ1v) is 2.71. The Bertz CT molecular complexity index is 134. The van der Waals surface area contributed by atoms with E-state index < -0.39 is 18.3 Å². The number of hydrogen-bond donors (Lipinski definition) is 1. The summed E-state index contributed by atoms with van der Waals surface area (Å²) in [5, 5.41) is 8.15. The van der Waals surface area contributed by atoms with E-state index in [0.29, 0.717) is 0 Å². The predicted molar refractivity (Wildman–Crippen MR) is 31.9 cm³/mol. The highest BCUT2D eigenvalue weighted by atomic mass is 19.3. The van der Waals surface area contributed by atoms with Crippen molar-refractivity contribution in [3.05, 3.63) is 12.7 Å². The highest BCUT2D eigenvalue weighted by molar-refractivity contribution is 5.70. The molecule has 0 saturated heterocycles. The van der Waals surface area contributed by atoms with Gasteiger partial charge in [0.25, 0.3) is 6.43 Å². The third-order valence-electron chi connectivity index (χ3n) is 1.04. The molecule has 58 valence electrons. The summed E-state index contributed by atoms with van der Waals surface area (Å²) in [6.07, 6.45) is -1.83. The molecule has 0 bridgehead atoms. The number of allylic oxidation sites excluding steroid dienone is 1. The molecule has 0 radical (unpaired) electrons. The molecular formula is C6H8F2O2. The second-order valence-electron chi connectivity index (χ2n) is 1.80. The fourth-order valence-electron chi connectivity index (χ4n) is 0.491. The normalized spacial score (nSPS) is 13.1. The molecule has 4 heteroatoms. The van der Waals surface area contributed by atoms with Gasteiger partial charge in [-0.15, -0.1) is 6.58 Å². The summed E-state index contributed by atoms with van der Waals surface area (Å²) >= 11 is 0.